The number of likely N-dealkylation sites (N-methyl/N-ethyl adjacent to an activating group) is 1. The predicted molar refractivity (Wildman–Crippen MR) is 95.6 cm³/mol. The molecule has 2 aromatic rings. The first-order valence-corrected chi connectivity index (χ1v) is 8.47. The summed E-state index contributed by atoms with van der Waals surface area (Å²) in [4.78, 5) is 42.6. The van der Waals surface area contributed by atoms with Gasteiger partial charge in [-0.1, -0.05) is 30.3 Å². The summed E-state index contributed by atoms with van der Waals surface area (Å²) in [5.74, 6) is -1.40. The third-order valence-corrected chi connectivity index (χ3v) is 5.13. The van der Waals surface area contributed by atoms with Gasteiger partial charge in [0.1, 0.15) is 5.92 Å². The summed E-state index contributed by atoms with van der Waals surface area (Å²) in [6.07, 6.45) is -0.901. The zero-order valence-electron chi connectivity index (χ0n) is 14.7. The molecule has 138 valence electrons. The molecular formula is C19H17N3O5. The van der Waals surface area contributed by atoms with Crippen LogP contribution in [0.3, 0.4) is 0 Å². The molecule has 8 nitrogen and oxygen atoms in total. The first-order valence-electron chi connectivity index (χ1n) is 8.47. The normalized spacial score (nSPS) is 24.4. The molecule has 2 aliphatic rings. The summed E-state index contributed by atoms with van der Waals surface area (Å²) in [7, 11) is 1.44. The lowest BCUT2D eigenvalue weighted by Crippen LogP contribution is -2.35. The van der Waals surface area contributed by atoms with Crippen LogP contribution >= 0.6 is 0 Å². The molecule has 0 aromatic heterocycles. The number of fused-ring (bicyclic) bond motifs is 1. The van der Waals surface area contributed by atoms with E-state index in [9.17, 15) is 19.7 Å². The molecule has 27 heavy (non-hydrogen) atoms. The minimum Gasteiger partial charge on any atom is -0.283 e. The number of carbonyl (C=O) groups is 2. The van der Waals surface area contributed by atoms with Gasteiger partial charge in [-0.2, -0.15) is 0 Å². The van der Waals surface area contributed by atoms with Gasteiger partial charge in [0, 0.05) is 19.2 Å². The number of nitro benzene ring substituents is 1. The molecule has 3 unspecified atom stereocenters. The number of benzene rings is 2. The predicted octanol–water partition coefficient (Wildman–Crippen LogP) is 2.38. The lowest BCUT2D eigenvalue weighted by Gasteiger charge is -2.29. The molecule has 2 aromatic carbocycles. The zero-order chi connectivity index (χ0) is 19.3. The summed E-state index contributed by atoms with van der Waals surface area (Å²) in [5.41, 5.74) is 2.31. The molecule has 3 atom stereocenters. The number of para-hydroxylation sites is 1. The lowest BCUT2D eigenvalue weighted by molar-refractivity contribution is -0.384. The average molecular weight is 367 g/mol. The van der Waals surface area contributed by atoms with E-state index in [1.54, 1.807) is 17.2 Å². The second-order valence-corrected chi connectivity index (χ2v) is 6.69. The minimum atomic E-state index is -0.901. The highest BCUT2D eigenvalue weighted by Gasteiger charge is 2.59. The van der Waals surface area contributed by atoms with E-state index in [-0.39, 0.29) is 17.5 Å². The summed E-state index contributed by atoms with van der Waals surface area (Å²) < 4.78 is 0. The van der Waals surface area contributed by atoms with E-state index >= 15 is 0 Å². The van der Waals surface area contributed by atoms with Crippen molar-refractivity contribution < 1.29 is 19.3 Å². The number of hydroxylamine groups is 1. The standard InChI is InChI=1S/C19H17N3O5/c1-11-5-3-4-6-14(11)21-16(12-7-9-13(10-8-12)22(25)26)15-17(27-21)19(24)20(2)18(15)23/h3-10,15-17H,1-2H3. The Balaban J connectivity index is 1.82. The number of nitrogens with zero attached hydrogens (tertiary/aromatic N) is 3. The minimum absolute atomic E-state index is 0.0393. The Hall–Kier alpha value is -3.26. The number of hydrogen-bond donors (Lipinski definition) is 0. The van der Waals surface area contributed by atoms with Crippen LogP contribution in [0.1, 0.15) is 17.2 Å². The highest BCUT2D eigenvalue weighted by atomic mass is 16.7. The molecule has 2 heterocycles. The van der Waals surface area contributed by atoms with Crippen molar-refractivity contribution in [1.29, 1.82) is 0 Å². The van der Waals surface area contributed by atoms with Crippen LogP contribution in [0.15, 0.2) is 48.5 Å². The third kappa shape index (κ3) is 2.57. The van der Waals surface area contributed by atoms with Crippen molar-refractivity contribution in [3.63, 3.8) is 0 Å². The average Bonchev–Trinajstić information content (AvgIpc) is 3.15. The van der Waals surface area contributed by atoms with Crippen LogP contribution in [0, 0.1) is 23.0 Å². The van der Waals surface area contributed by atoms with Crippen LogP contribution in [0.4, 0.5) is 11.4 Å². The quantitative estimate of drug-likeness (QED) is 0.470. The van der Waals surface area contributed by atoms with Crippen LogP contribution in [0.25, 0.3) is 0 Å². The van der Waals surface area contributed by atoms with Gasteiger partial charge < -0.3 is 0 Å². The Labute approximate surface area is 155 Å². The maximum absolute atomic E-state index is 12.7. The van der Waals surface area contributed by atoms with Crippen LogP contribution in [-0.4, -0.2) is 34.8 Å². The second-order valence-electron chi connectivity index (χ2n) is 6.69. The summed E-state index contributed by atoms with van der Waals surface area (Å²) in [5, 5.41) is 12.5. The highest BCUT2D eigenvalue weighted by molar-refractivity contribution is 6.07. The molecular weight excluding hydrogens is 350 g/mol. The first kappa shape index (κ1) is 17.2. The molecule has 2 fully saturated rings. The van der Waals surface area contributed by atoms with Gasteiger partial charge in [0.25, 0.3) is 11.6 Å². The van der Waals surface area contributed by atoms with Crippen molar-refractivity contribution in [2.75, 3.05) is 12.1 Å². The number of imide groups is 1. The number of anilines is 1. The van der Waals surface area contributed by atoms with Crippen LogP contribution in [0.5, 0.6) is 0 Å². The Bertz CT molecular complexity index is 943. The van der Waals surface area contributed by atoms with E-state index in [2.05, 4.69) is 0 Å². The molecule has 0 aliphatic carbocycles. The van der Waals surface area contributed by atoms with E-state index in [1.165, 1.54) is 19.2 Å². The molecule has 0 spiro atoms. The number of carbonyl (C=O) groups excluding carboxylic acids is 2. The molecule has 2 saturated heterocycles. The number of likely N-dealkylation sites (tertiary alicyclic amines) is 1. The van der Waals surface area contributed by atoms with Gasteiger partial charge in [0.05, 0.1) is 16.7 Å². The number of non-ortho nitro benzene ring substituents is 1. The van der Waals surface area contributed by atoms with Crippen molar-refractivity contribution in [3.8, 4) is 0 Å². The SMILES string of the molecule is Cc1ccccc1N1OC2C(=O)N(C)C(=O)C2C1c1ccc([N+](=O)[O-])cc1. The maximum Gasteiger partial charge on any atom is 0.269 e. The highest BCUT2D eigenvalue weighted by Crippen LogP contribution is 2.47. The van der Waals surface area contributed by atoms with E-state index in [1.807, 2.05) is 31.2 Å². The fourth-order valence-electron chi connectivity index (χ4n) is 3.70. The van der Waals surface area contributed by atoms with Crippen molar-refractivity contribution in [1.82, 2.24) is 4.90 Å². The molecule has 2 amide bonds. The number of amides is 2. The molecule has 2 aliphatic heterocycles. The van der Waals surface area contributed by atoms with Gasteiger partial charge in [-0.05, 0) is 24.1 Å². The van der Waals surface area contributed by atoms with Gasteiger partial charge in [0.2, 0.25) is 5.91 Å². The van der Waals surface area contributed by atoms with Crippen molar-refractivity contribution >= 4 is 23.2 Å². The smallest absolute Gasteiger partial charge is 0.269 e. The van der Waals surface area contributed by atoms with E-state index < -0.39 is 23.0 Å². The van der Waals surface area contributed by atoms with E-state index in [0.717, 1.165) is 16.2 Å². The zero-order valence-corrected chi connectivity index (χ0v) is 14.7. The fraction of sp³-hybridized carbons (Fsp3) is 0.263. The van der Waals surface area contributed by atoms with Crippen molar-refractivity contribution in [3.05, 3.63) is 69.8 Å². The van der Waals surface area contributed by atoms with Crippen LogP contribution < -0.4 is 5.06 Å². The number of hydrogen-bond acceptors (Lipinski definition) is 6. The lowest BCUT2D eigenvalue weighted by atomic mass is 9.90. The second kappa shape index (κ2) is 6.17. The molecule has 0 radical (unpaired) electrons. The van der Waals surface area contributed by atoms with E-state index in [4.69, 9.17) is 4.84 Å². The molecule has 8 heteroatoms. The number of rotatable bonds is 3. The fourth-order valence-corrected chi connectivity index (χ4v) is 3.70. The molecule has 0 saturated carbocycles. The Morgan fingerprint density at radius 2 is 1.70 bits per heavy atom. The van der Waals surface area contributed by atoms with Gasteiger partial charge in [-0.25, -0.2) is 5.06 Å². The Morgan fingerprint density at radius 1 is 1.04 bits per heavy atom. The van der Waals surface area contributed by atoms with Crippen molar-refractivity contribution in [2.24, 2.45) is 5.92 Å². The van der Waals surface area contributed by atoms with Gasteiger partial charge in [-0.15, -0.1) is 0 Å². The monoisotopic (exact) mass is 367 g/mol. The molecule has 0 N–H and O–H groups in total. The summed E-state index contributed by atoms with van der Waals surface area (Å²) >= 11 is 0. The first-order chi connectivity index (χ1) is 12.9. The summed E-state index contributed by atoms with van der Waals surface area (Å²) in [6.45, 7) is 1.91. The van der Waals surface area contributed by atoms with Gasteiger partial charge in [0.15, 0.2) is 6.10 Å². The Morgan fingerprint density at radius 3 is 2.33 bits per heavy atom. The third-order valence-electron chi connectivity index (χ3n) is 5.13. The largest absolute Gasteiger partial charge is 0.283 e. The Kier molecular flexibility index (Phi) is 3.92. The van der Waals surface area contributed by atoms with Crippen LogP contribution in [0.2, 0.25) is 0 Å². The van der Waals surface area contributed by atoms with Gasteiger partial charge in [-0.3, -0.25) is 29.4 Å². The topological polar surface area (TPSA) is 93.0 Å². The van der Waals surface area contributed by atoms with E-state index in [0.29, 0.717) is 5.56 Å². The van der Waals surface area contributed by atoms with Gasteiger partial charge >= 0.3 is 0 Å². The summed E-state index contributed by atoms with van der Waals surface area (Å²) in [6, 6.07) is 12.9. The number of aryl methyl sites for hydroxylation is 1. The van der Waals surface area contributed by atoms with Crippen molar-refractivity contribution in [2.45, 2.75) is 19.1 Å². The molecule has 4 rings (SSSR count). The van der Waals surface area contributed by atoms with Crippen LogP contribution in [-0.2, 0) is 14.4 Å². The number of nitro groups is 1. The molecule has 0 bridgehead atoms. The maximum atomic E-state index is 12.7.